The SMILES string of the molecule is COc1ccccc1N1CCN(CC2CCCNC2)CC1. The Balaban J connectivity index is 1.52. The molecule has 2 heterocycles. The van der Waals surface area contributed by atoms with E-state index < -0.39 is 0 Å². The van der Waals surface area contributed by atoms with Crippen LogP contribution in [0.25, 0.3) is 0 Å². The number of nitrogens with zero attached hydrogens (tertiary/aromatic N) is 2. The number of ether oxygens (including phenoxy) is 1. The average molecular weight is 289 g/mol. The number of nitrogens with one attached hydrogen (secondary N) is 1. The second kappa shape index (κ2) is 7.14. The minimum absolute atomic E-state index is 0.844. The van der Waals surface area contributed by atoms with Crippen molar-refractivity contribution in [3.8, 4) is 5.75 Å². The average Bonchev–Trinajstić information content (AvgIpc) is 2.56. The normalized spacial score (nSPS) is 24.0. The summed E-state index contributed by atoms with van der Waals surface area (Å²) in [7, 11) is 1.76. The van der Waals surface area contributed by atoms with Gasteiger partial charge in [-0.1, -0.05) is 12.1 Å². The Morgan fingerprint density at radius 3 is 2.71 bits per heavy atom. The highest BCUT2D eigenvalue weighted by Crippen LogP contribution is 2.28. The monoisotopic (exact) mass is 289 g/mol. The zero-order chi connectivity index (χ0) is 14.5. The molecule has 4 nitrogen and oxygen atoms in total. The number of benzene rings is 1. The van der Waals surface area contributed by atoms with Crippen LogP contribution in [0.15, 0.2) is 24.3 Å². The zero-order valence-electron chi connectivity index (χ0n) is 13.1. The summed E-state index contributed by atoms with van der Waals surface area (Å²) in [6.45, 7) is 8.18. The Morgan fingerprint density at radius 2 is 2.00 bits per heavy atom. The molecule has 0 saturated carbocycles. The number of piperazine rings is 1. The van der Waals surface area contributed by atoms with Crippen LogP contribution in [-0.2, 0) is 0 Å². The van der Waals surface area contributed by atoms with Gasteiger partial charge in [0.15, 0.2) is 0 Å². The van der Waals surface area contributed by atoms with Gasteiger partial charge in [-0.3, -0.25) is 4.90 Å². The molecule has 2 saturated heterocycles. The Labute approximate surface area is 128 Å². The van der Waals surface area contributed by atoms with Crippen molar-refractivity contribution in [2.75, 3.05) is 57.8 Å². The van der Waals surface area contributed by atoms with E-state index in [0.717, 1.165) is 37.8 Å². The molecule has 0 aromatic heterocycles. The van der Waals surface area contributed by atoms with Crippen LogP contribution in [0, 0.1) is 5.92 Å². The summed E-state index contributed by atoms with van der Waals surface area (Å²) < 4.78 is 5.48. The highest BCUT2D eigenvalue weighted by molar-refractivity contribution is 5.58. The second-order valence-corrected chi connectivity index (χ2v) is 6.17. The molecular formula is C17H27N3O. The summed E-state index contributed by atoms with van der Waals surface area (Å²) in [5.41, 5.74) is 1.24. The Bertz CT molecular complexity index is 437. The minimum atomic E-state index is 0.844. The maximum Gasteiger partial charge on any atom is 0.142 e. The van der Waals surface area contributed by atoms with E-state index in [4.69, 9.17) is 4.74 Å². The lowest BCUT2D eigenvalue weighted by molar-refractivity contribution is 0.198. The lowest BCUT2D eigenvalue weighted by Gasteiger charge is -2.38. The third-order valence-corrected chi connectivity index (χ3v) is 4.71. The highest BCUT2D eigenvalue weighted by atomic mass is 16.5. The quantitative estimate of drug-likeness (QED) is 0.915. The number of piperidine rings is 1. The van der Waals surface area contributed by atoms with Crippen LogP contribution in [0.1, 0.15) is 12.8 Å². The molecule has 116 valence electrons. The molecule has 0 spiro atoms. The maximum atomic E-state index is 5.48. The third kappa shape index (κ3) is 3.69. The molecule has 2 aliphatic heterocycles. The summed E-state index contributed by atoms with van der Waals surface area (Å²) in [6.07, 6.45) is 2.73. The number of rotatable bonds is 4. The molecule has 4 heteroatoms. The smallest absolute Gasteiger partial charge is 0.142 e. The molecular weight excluding hydrogens is 262 g/mol. The van der Waals surface area contributed by atoms with Crippen LogP contribution in [0.4, 0.5) is 5.69 Å². The molecule has 21 heavy (non-hydrogen) atoms. The highest BCUT2D eigenvalue weighted by Gasteiger charge is 2.22. The van der Waals surface area contributed by atoms with Gasteiger partial charge in [-0.15, -0.1) is 0 Å². The predicted octanol–water partition coefficient (Wildman–Crippen LogP) is 1.82. The van der Waals surface area contributed by atoms with Crippen LogP contribution in [-0.4, -0.2) is 57.8 Å². The predicted molar refractivity (Wildman–Crippen MR) is 87.2 cm³/mol. The van der Waals surface area contributed by atoms with Gasteiger partial charge in [-0.25, -0.2) is 0 Å². The van der Waals surface area contributed by atoms with E-state index in [2.05, 4.69) is 33.3 Å². The van der Waals surface area contributed by atoms with Crippen molar-refractivity contribution >= 4 is 5.69 Å². The van der Waals surface area contributed by atoms with E-state index in [-0.39, 0.29) is 0 Å². The van der Waals surface area contributed by atoms with Crippen molar-refractivity contribution in [3.05, 3.63) is 24.3 Å². The zero-order valence-corrected chi connectivity index (χ0v) is 13.1. The van der Waals surface area contributed by atoms with Crippen LogP contribution in [0.5, 0.6) is 5.75 Å². The van der Waals surface area contributed by atoms with E-state index in [1.54, 1.807) is 7.11 Å². The van der Waals surface area contributed by atoms with Gasteiger partial charge < -0.3 is 15.0 Å². The van der Waals surface area contributed by atoms with Gasteiger partial charge in [0.2, 0.25) is 0 Å². The first kappa shape index (κ1) is 14.7. The number of anilines is 1. The first-order valence-corrected chi connectivity index (χ1v) is 8.18. The lowest BCUT2D eigenvalue weighted by atomic mass is 9.99. The van der Waals surface area contributed by atoms with Crippen molar-refractivity contribution < 1.29 is 4.74 Å². The van der Waals surface area contributed by atoms with Gasteiger partial charge in [0.05, 0.1) is 12.8 Å². The van der Waals surface area contributed by atoms with E-state index >= 15 is 0 Å². The van der Waals surface area contributed by atoms with E-state index in [1.807, 2.05) is 6.07 Å². The van der Waals surface area contributed by atoms with Gasteiger partial charge >= 0.3 is 0 Å². The summed E-state index contributed by atoms with van der Waals surface area (Å²) in [5, 5.41) is 3.52. The largest absolute Gasteiger partial charge is 0.495 e. The molecule has 1 unspecified atom stereocenters. The number of hydrogen-bond acceptors (Lipinski definition) is 4. The molecule has 2 fully saturated rings. The van der Waals surface area contributed by atoms with Gasteiger partial charge in [0, 0.05) is 32.7 Å². The Morgan fingerprint density at radius 1 is 1.19 bits per heavy atom. The maximum absolute atomic E-state index is 5.48. The molecule has 3 rings (SSSR count). The molecule has 2 aliphatic rings. The fourth-order valence-corrected chi connectivity index (χ4v) is 3.51. The fraction of sp³-hybridized carbons (Fsp3) is 0.647. The molecule has 0 radical (unpaired) electrons. The lowest BCUT2D eigenvalue weighted by Crippen LogP contribution is -2.49. The van der Waals surface area contributed by atoms with E-state index in [9.17, 15) is 0 Å². The first-order valence-electron chi connectivity index (χ1n) is 8.18. The fourth-order valence-electron chi connectivity index (χ4n) is 3.51. The number of hydrogen-bond donors (Lipinski definition) is 1. The number of methoxy groups -OCH3 is 1. The summed E-state index contributed by atoms with van der Waals surface area (Å²) in [6, 6.07) is 8.35. The molecule has 0 aliphatic carbocycles. The van der Waals surface area contributed by atoms with Gasteiger partial charge in [0.25, 0.3) is 0 Å². The molecule has 1 atom stereocenters. The first-order chi connectivity index (χ1) is 10.4. The van der Waals surface area contributed by atoms with Crippen molar-refractivity contribution in [2.24, 2.45) is 5.92 Å². The molecule has 1 N–H and O–H groups in total. The standard InChI is InChI=1S/C17H27N3O/c1-21-17-7-3-2-6-16(17)20-11-9-19(10-12-20)14-15-5-4-8-18-13-15/h2-3,6-7,15,18H,4-5,8-14H2,1H3. The molecule has 1 aromatic carbocycles. The van der Waals surface area contributed by atoms with E-state index in [1.165, 1.54) is 38.2 Å². The summed E-state index contributed by atoms with van der Waals surface area (Å²) in [4.78, 5) is 5.08. The van der Waals surface area contributed by atoms with Crippen LogP contribution >= 0.6 is 0 Å². The summed E-state index contributed by atoms with van der Waals surface area (Å²) >= 11 is 0. The van der Waals surface area contributed by atoms with Crippen LogP contribution < -0.4 is 15.0 Å². The van der Waals surface area contributed by atoms with Gasteiger partial charge in [-0.05, 0) is 44.0 Å². The van der Waals surface area contributed by atoms with Crippen molar-refractivity contribution in [1.29, 1.82) is 0 Å². The topological polar surface area (TPSA) is 27.7 Å². The van der Waals surface area contributed by atoms with Crippen molar-refractivity contribution in [1.82, 2.24) is 10.2 Å². The number of para-hydroxylation sites is 2. The molecule has 0 bridgehead atoms. The molecule has 0 amide bonds. The van der Waals surface area contributed by atoms with Gasteiger partial charge in [0.1, 0.15) is 5.75 Å². The Hall–Kier alpha value is -1.26. The third-order valence-electron chi connectivity index (χ3n) is 4.71. The van der Waals surface area contributed by atoms with E-state index in [0.29, 0.717) is 0 Å². The van der Waals surface area contributed by atoms with Crippen molar-refractivity contribution in [3.63, 3.8) is 0 Å². The molecule has 1 aromatic rings. The second-order valence-electron chi connectivity index (χ2n) is 6.17. The van der Waals surface area contributed by atoms with Crippen LogP contribution in [0.2, 0.25) is 0 Å². The summed E-state index contributed by atoms with van der Waals surface area (Å²) in [5.74, 6) is 1.83. The Kier molecular flexibility index (Phi) is 4.99. The van der Waals surface area contributed by atoms with Crippen LogP contribution in [0.3, 0.4) is 0 Å². The van der Waals surface area contributed by atoms with Gasteiger partial charge in [-0.2, -0.15) is 0 Å². The van der Waals surface area contributed by atoms with Crippen molar-refractivity contribution in [2.45, 2.75) is 12.8 Å². The minimum Gasteiger partial charge on any atom is -0.495 e.